The van der Waals surface area contributed by atoms with E-state index in [0.717, 1.165) is 43.2 Å². The van der Waals surface area contributed by atoms with Gasteiger partial charge in [-0.2, -0.15) is 0 Å². The smallest absolute Gasteiger partial charge is 0.242 e. The minimum absolute atomic E-state index is 0.0200. The maximum atomic E-state index is 14.3. The van der Waals surface area contributed by atoms with Crippen LogP contribution in [-0.2, 0) is 20.7 Å². The number of thiophene rings is 1. The molecular weight excluding hydrogens is 539 g/mol. The maximum Gasteiger partial charge on any atom is 0.242 e. The first-order chi connectivity index (χ1) is 18.4. The van der Waals surface area contributed by atoms with Crippen molar-refractivity contribution in [2.45, 2.75) is 57.4 Å². The summed E-state index contributed by atoms with van der Waals surface area (Å²) in [5, 5.41) is 3.22. The molecule has 0 spiro atoms. The summed E-state index contributed by atoms with van der Waals surface area (Å²) in [6, 6.07) is 7.33. The van der Waals surface area contributed by atoms with Gasteiger partial charge in [-0.3, -0.25) is 9.59 Å². The summed E-state index contributed by atoms with van der Waals surface area (Å²) in [4.78, 5) is 33.5. The van der Waals surface area contributed by atoms with Crippen LogP contribution in [0.4, 0.5) is 0 Å². The van der Waals surface area contributed by atoms with E-state index in [1.54, 1.807) is 24.5 Å². The topological polar surface area (TPSA) is 49.9 Å². The molecule has 0 N–H and O–H groups in total. The first-order valence-corrected chi connectivity index (χ1v) is 15.6. The fraction of sp³-hybridized carbons (Fsp3) is 0.600. The molecule has 5 nitrogen and oxygen atoms in total. The van der Waals surface area contributed by atoms with Gasteiger partial charge in [-0.05, 0) is 104 Å². The Balaban J connectivity index is 1.27. The van der Waals surface area contributed by atoms with Crippen molar-refractivity contribution in [1.82, 2.24) is 9.80 Å². The van der Waals surface area contributed by atoms with Crippen LogP contribution in [0.15, 0.2) is 29.6 Å². The van der Waals surface area contributed by atoms with Crippen molar-refractivity contribution < 1.29 is 14.3 Å². The third-order valence-corrected chi connectivity index (χ3v) is 11.0. The zero-order valence-electron chi connectivity index (χ0n) is 22.0. The van der Waals surface area contributed by atoms with Crippen molar-refractivity contribution in [2.24, 2.45) is 23.2 Å². The molecule has 1 aromatic heterocycles. The zero-order valence-corrected chi connectivity index (χ0v) is 24.3. The van der Waals surface area contributed by atoms with Gasteiger partial charge in [0.05, 0.1) is 18.0 Å². The summed E-state index contributed by atoms with van der Waals surface area (Å²) in [5.41, 5.74) is 1.72. The summed E-state index contributed by atoms with van der Waals surface area (Å²) in [5.74, 6) is 2.22. The summed E-state index contributed by atoms with van der Waals surface area (Å²) >= 11 is 14.6. The predicted molar refractivity (Wildman–Crippen MR) is 152 cm³/mol. The fourth-order valence-corrected chi connectivity index (χ4v) is 9.67. The van der Waals surface area contributed by atoms with Gasteiger partial charge in [0.15, 0.2) is 0 Å². The van der Waals surface area contributed by atoms with Crippen LogP contribution in [0.5, 0.6) is 0 Å². The summed E-state index contributed by atoms with van der Waals surface area (Å²) in [7, 11) is 1.68. The van der Waals surface area contributed by atoms with Crippen molar-refractivity contribution >= 4 is 46.4 Å². The largest absolute Gasteiger partial charge is 0.385 e. The van der Waals surface area contributed by atoms with E-state index >= 15 is 0 Å². The summed E-state index contributed by atoms with van der Waals surface area (Å²) in [6.07, 6.45) is 8.39. The van der Waals surface area contributed by atoms with Crippen molar-refractivity contribution in [1.29, 1.82) is 0 Å². The van der Waals surface area contributed by atoms with Gasteiger partial charge in [0.2, 0.25) is 11.8 Å². The molecule has 4 bridgehead atoms. The molecule has 1 aromatic carbocycles. The highest BCUT2D eigenvalue weighted by molar-refractivity contribution is 7.10. The number of ether oxygens (including phenoxy) is 1. The van der Waals surface area contributed by atoms with Crippen LogP contribution in [0.1, 0.15) is 67.0 Å². The molecular formula is C30H36Cl2N2O3S. The normalized spacial score (nSPS) is 29.4. The SMILES string of the molecule is COCCCN(CC(=O)N1CCc2sccc2C1c1ccc(Cl)cc1Cl)C(=O)C12CC3CC(CC(C3)C1)C2. The van der Waals surface area contributed by atoms with Crippen molar-refractivity contribution in [3.8, 4) is 0 Å². The van der Waals surface area contributed by atoms with E-state index in [-0.39, 0.29) is 29.8 Å². The molecule has 5 aliphatic rings. The standard InChI is InChI=1S/C30H36Cl2N2O3S/c1-37-9-2-7-33(29(36)30-15-19-11-20(16-30)13-21(12-19)17-30)18-27(35)34-8-5-26-24(6-10-38-26)28(34)23-4-3-22(31)14-25(23)32/h3-4,6,10,14,19-21,28H,2,5,7-9,11-13,15-18H2,1H3. The Bertz CT molecular complexity index is 1180. The van der Waals surface area contributed by atoms with Crippen LogP contribution in [0.25, 0.3) is 0 Å². The Hall–Kier alpha value is -1.60. The number of methoxy groups -OCH3 is 1. The number of amides is 2. The Morgan fingerprint density at radius 2 is 1.79 bits per heavy atom. The number of halogens is 2. The van der Waals surface area contributed by atoms with Crippen LogP contribution < -0.4 is 0 Å². The Morgan fingerprint density at radius 1 is 1.08 bits per heavy atom. The van der Waals surface area contributed by atoms with Crippen molar-refractivity contribution in [3.63, 3.8) is 0 Å². The average molecular weight is 576 g/mol. The van der Waals surface area contributed by atoms with E-state index in [4.69, 9.17) is 27.9 Å². The first kappa shape index (κ1) is 26.6. The van der Waals surface area contributed by atoms with Crippen molar-refractivity contribution in [3.05, 3.63) is 55.7 Å². The molecule has 1 unspecified atom stereocenters. The third kappa shape index (κ3) is 4.91. The molecule has 8 heteroatoms. The van der Waals surface area contributed by atoms with Gasteiger partial charge in [-0.1, -0.05) is 29.3 Å². The zero-order chi connectivity index (χ0) is 26.4. The fourth-order valence-electron chi connectivity index (χ4n) is 8.26. The molecule has 4 saturated carbocycles. The highest BCUT2D eigenvalue weighted by Gasteiger charge is 2.55. The van der Waals surface area contributed by atoms with Crippen LogP contribution in [0.2, 0.25) is 10.0 Å². The molecule has 2 heterocycles. The molecule has 4 fully saturated rings. The lowest BCUT2D eigenvalue weighted by Crippen LogP contribution is -2.56. The van der Waals surface area contributed by atoms with Gasteiger partial charge >= 0.3 is 0 Å². The molecule has 7 rings (SSSR count). The molecule has 1 atom stereocenters. The number of fused-ring (bicyclic) bond motifs is 1. The molecule has 4 aliphatic carbocycles. The van der Waals surface area contributed by atoms with Crippen LogP contribution >= 0.6 is 34.5 Å². The second-order valence-electron chi connectivity index (χ2n) is 12.0. The van der Waals surface area contributed by atoms with Gasteiger partial charge in [-0.15, -0.1) is 11.3 Å². The number of rotatable bonds is 8. The second kappa shape index (κ2) is 10.8. The second-order valence-corrected chi connectivity index (χ2v) is 13.8. The van der Waals surface area contributed by atoms with E-state index in [1.807, 2.05) is 21.9 Å². The lowest BCUT2D eigenvalue weighted by Gasteiger charge is -2.56. The molecule has 0 saturated heterocycles. The Kier molecular flexibility index (Phi) is 7.53. The summed E-state index contributed by atoms with van der Waals surface area (Å²) in [6.45, 7) is 1.83. The third-order valence-electron chi connectivity index (χ3n) is 9.43. The van der Waals surface area contributed by atoms with Crippen LogP contribution in [-0.4, -0.2) is 55.0 Å². The van der Waals surface area contributed by atoms with Crippen molar-refractivity contribution in [2.75, 3.05) is 33.4 Å². The number of hydrogen-bond acceptors (Lipinski definition) is 4. The first-order valence-electron chi connectivity index (χ1n) is 14.0. The molecule has 0 radical (unpaired) electrons. The van der Waals surface area contributed by atoms with E-state index in [2.05, 4.69) is 11.4 Å². The van der Waals surface area contributed by atoms with E-state index in [1.165, 1.54) is 24.1 Å². The predicted octanol–water partition coefficient (Wildman–Crippen LogP) is 6.61. The van der Waals surface area contributed by atoms with E-state index < -0.39 is 0 Å². The highest BCUT2D eigenvalue weighted by atomic mass is 35.5. The van der Waals surface area contributed by atoms with E-state index in [9.17, 15) is 9.59 Å². The minimum Gasteiger partial charge on any atom is -0.385 e. The van der Waals surface area contributed by atoms with E-state index in [0.29, 0.717) is 47.5 Å². The number of carbonyl (C=O) groups excluding carboxylic acids is 2. The molecule has 1 aliphatic heterocycles. The monoisotopic (exact) mass is 574 g/mol. The van der Waals surface area contributed by atoms with Crippen LogP contribution in [0.3, 0.4) is 0 Å². The average Bonchev–Trinajstić information content (AvgIpc) is 3.36. The Labute approximate surface area is 239 Å². The highest BCUT2D eigenvalue weighted by Crippen LogP contribution is 2.60. The number of nitrogens with zero attached hydrogens (tertiary/aromatic N) is 2. The number of carbonyl (C=O) groups is 2. The van der Waals surface area contributed by atoms with Gasteiger partial charge in [0, 0.05) is 41.7 Å². The maximum absolute atomic E-state index is 14.3. The molecule has 2 amide bonds. The molecule has 204 valence electrons. The van der Waals surface area contributed by atoms with Gasteiger partial charge in [0.25, 0.3) is 0 Å². The van der Waals surface area contributed by atoms with Gasteiger partial charge in [0.1, 0.15) is 0 Å². The minimum atomic E-state index is -0.280. The number of benzene rings is 1. The molecule has 2 aromatic rings. The molecule has 38 heavy (non-hydrogen) atoms. The number of hydrogen-bond donors (Lipinski definition) is 0. The lowest BCUT2D eigenvalue weighted by atomic mass is 9.49. The van der Waals surface area contributed by atoms with Gasteiger partial charge < -0.3 is 14.5 Å². The van der Waals surface area contributed by atoms with Gasteiger partial charge in [-0.25, -0.2) is 0 Å². The van der Waals surface area contributed by atoms with Crippen LogP contribution in [0, 0.1) is 23.2 Å². The quantitative estimate of drug-likeness (QED) is 0.333. The summed E-state index contributed by atoms with van der Waals surface area (Å²) < 4.78 is 5.31. The Morgan fingerprint density at radius 3 is 2.45 bits per heavy atom. The lowest BCUT2D eigenvalue weighted by molar-refractivity contribution is -0.160.